The molecule has 0 aliphatic heterocycles. The lowest BCUT2D eigenvalue weighted by Crippen LogP contribution is -2.14. The standard InChI is InChI=1S/C5H8N2/c1-3-4-7(2)5-6/h1,5-6H,4H2,2H3. The third-order valence-electron chi connectivity index (χ3n) is 0.561. The summed E-state index contributed by atoms with van der Waals surface area (Å²) in [6.07, 6.45) is 6.10. The molecule has 0 bridgehead atoms. The molecular weight excluding hydrogens is 88.1 g/mol. The smallest absolute Gasteiger partial charge is 0.0822 e. The summed E-state index contributed by atoms with van der Waals surface area (Å²) >= 11 is 0. The predicted octanol–water partition coefficient (Wildman–Crippen LogP) is 0.158. The van der Waals surface area contributed by atoms with Gasteiger partial charge in [-0.25, -0.2) is 0 Å². The quantitative estimate of drug-likeness (QED) is 0.296. The fraction of sp³-hybridized carbons (Fsp3) is 0.400. The van der Waals surface area contributed by atoms with E-state index >= 15 is 0 Å². The van der Waals surface area contributed by atoms with E-state index in [1.807, 2.05) is 0 Å². The van der Waals surface area contributed by atoms with E-state index in [9.17, 15) is 0 Å². The Bertz CT molecular complexity index is 90.7. The maximum Gasteiger partial charge on any atom is 0.0822 e. The molecule has 0 unspecified atom stereocenters. The van der Waals surface area contributed by atoms with Gasteiger partial charge in [-0.2, -0.15) is 0 Å². The summed E-state index contributed by atoms with van der Waals surface area (Å²) in [6.45, 7) is 0.517. The molecule has 0 saturated carbocycles. The van der Waals surface area contributed by atoms with Gasteiger partial charge in [0.1, 0.15) is 0 Å². The van der Waals surface area contributed by atoms with Crippen LogP contribution >= 0.6 is 0 Å². The number of nitrogens with zero attached hydrogens (tertiary/aromatic N) is 1. The maximum absolute atomic E-state index is 6.62. The Morgan fingerprint density at radius 3 is 2.71 bits per heavy atom. The highest BCUT2D eigenvalue weighted by atomic mass is 15.1. The molecule has 0 aliphatic rings. The van der Waals surface area contributed by atoms with E-state index < -0.39 is 0 Å². The highest BCUT2D eigenvalue weighted by Gasteiger charge is 1.79. The topological polar surface area (TPSA) is 27.1 Å². The summed E-state index contributed by atoms with van der Waals surface area (Å²) in [5.41, 5.74) is 0. The summed E-state index contributed by atoms with van der Waals surface area (Å²) in [6, 6.07) is 0. The van der Waals surface area contributed by atoms with Crippen molar-refractivity contribution in [2.75, 3.05) is 13.6 Å². The lowest BCUT2D eigenvalue weighted by molar-refractivity contribution is 0.588. The van der Waals surface area contributed by atoms with Gasteiger partial charge in [-0.1, -0.05) is 5.92 Å². The molecule has 0 aromatic rings. The zero-order chi connectivity index (χ0) is 5.70. The Labute approximate surface area is 43.6 Å². The van der Waals surface area contributed by atoms with Gasteiger partial charge in [0.05, 0.1) is 12.9 Å². The molecule has 0 saturated heterocycles. The molecule has 38 valence electrons. The number of rotatable bonds is 2. The van der Waals surface area contributed by atoms with Crippen molar-refractivity contribution >= 4 is 6.34 Å². The normalized spacial score (nSPS) is 6.86. The number of hydrogen-bond donors (Lipinski definition) is 1. The van der Waals surface area contributed by atoms with Crippen LogP contribution in [-0.4, -0.2) is 24.8 Å². The van der Waals surface area contributed by atoms with Crippen LogP contribution in [0.25, 0.3) is 0 Å². The van der Waals surface area contributed by atoms with Crippen molar-refractivity contribution in [3.05, 3.63) is 0 Å². The van der Waals surface area contributed by atoms with E-state index in [1.54, 1.807) is 11.9 Å². The highest BCUT2D eigenvalue weighted by molar-refractivity contribution is 5.50. The van der Waals surface area contributed by atoms with Gasteiger partial charge in [0, 0.05) is 7.05 Å². The zero-order valence-electron chi connectivity index (χ0n) is 4.31. The van der Waals surface area contributed by atoms with Crippen molar-refractivity contribution in [2.45, 2.75) is 0 Å². The molecule has 1 N–H and O–H groups in total. The molecule has 0 heterocycles. The van der Waals surface area contributed by atoms with Crippen molar-refractivity contribution in [1.82, 2.24) is 4.90 Å². The Morgan fingerprint density at radius 2 is 2.57 bits per heavy atom. The largest absolute Gasteiger partial charge is 0.355 e. The number of hydrogen-bond acceptors (Lipinski definition) is 1. The summed E-state index contributed by atoms with van der Waals surface area (Å²) in [5, 5.41) is 6.62. The molecule has 0 amide bonds. The molecular formula is C5H8N2. The van der Waals surface area contributed by atoms with E-state index in [0.29, 0.717) is 6.54 Å². The van der Waals surface area contributed by atoms with Gasteiger partial charge < -0.3 is 4.90 Å². The lowest BCUT2D eigenvalue weighted by atomic mass is 10.6. The van der Waals surface area contributed by atoms with E-state index in [1.165, 1.54) is 6.34 Å². The Balaban J connectivity index is 3.21. The van der Waals surface area contributed by atoms with Crippen molar-refractivity contribution in [2.24, 2.45) is 0 Å². The summed E-state index contributed by atoms with van der Waals surface area (Å²) in [5.74, 6) is 2.39. The second-order valence-corrected chi connectivity index (χ2v) is 1.25. The Kier molecular flexibility index (Phi) is 2.78. The van der Waals surface area contributed by atoms with Gasteiger partial charge in [0.2, 0.25) is 0 Å². The molecule has 2 heteroatoms. The van der Waals surface area contributed by atoms with E-state index in [4.69, 9.17) is 11.8 Å². The molecule has 0 aliphatic carbocycles. The minimum absolute atomic E-state index is 0.517. The van der Waals surface area contributed by atoms with Crippen LogP contribution in [0.4, 0.5) is 0 Å². The van der Waals surface area contributed by atoms with Crippen LogP contribution in [0.15, 0.2) is 0 Å². The third-order valence-corrected chi connectivity index (χ3v) is 0.561. The summed E-state index contributed by atoms with van der Waals surface area (Å²) < 4.78 is 0. The van der Waals surface area contributed by atoms with Crippen LogP contribution in [-0.2, 0) is 0 Å². The highest BCUT2D eigenvalue weighted by Crippen LogP contribution is 1.67. The van der Waals surface area contributed by atoms with Crippen molar-refractivity contribution in [1.29, 1.82) is 5.41 Å². The van der Waals surface area contributed by atoms with Crippen LogP contribution < -0.4 is 0 Å². The first kappa shape index (κ1) is 6.03. The van der Waals surface area contributed by atoms with Crippen LogP contribution in [0.5, 0.6) is 0 Å². The molecule has 0 aromatic heterocycles. The first-order valence-corrected chi connectivity index (χ1v) is 1.95. The molecule has 0 fully saturated rings. The minimum Gasteiger partial charge on any atom is -0.355 e. The molecule has 0 spiro atoms. The van der Waals surface area contributed by atoms with Crippen LogP contribution in [0.2, 0.25) is 0 Å². The fourth-order valence-corrected chi connectivity index (χ4v) is 0.190. The maximum atomic E-state index is 6.62. The number of terminal acetylenes is 1. The fourth-order valence-electron chi connectivity index (χ4n) is 0.190. The third kappa shape index (κ3) is 2.84. The van der Waals surface area contributed by atoms with Crippen molar-refractivity contribution in [3.8, 4) is 12.3 Å². The molecule has 0 aromatic carbocycles. The second kappa shape index (κ2) is 3.23. The average Bonchev–Trinajstić information content (AvgIpc) is 1.68. The van der Waals surface area contributed by atoms with Crippen LogP contribution in [0.1, 0.15) is 0 Å². The van der Waals surface area contributed by atoms with Crippen LogP contribution in [0.3, 0.4) is 0 Å². The Morgan fingerprint density at radius 1 is 2.00 bits per heavy atom. The summed E-state index contributed by atoms with van der Waals surface area (Å²) in [7, 11) is 1.76. The molecule has 0 rings (SSSR count). The molecule has 0 atom stereocenters. The van der Waals surface area contributed by atoms with E-state index in [0.717, 1.165) is 0 Å². The number of nitrogens with one attached hydrogen (secondary N) is 1. The van der Waals surface area contributed by atoms with Gasteiger partial charge in [-0.05, 0) is 0 Å². The van der Waals surface area contributed by atoms with Crippen LogP contribution in [0, 0.1) is 17.8 Å². The summed E-state index contributed by atoms with van der Waals surface area (Å²) in [4.78, 5) is 1.61. The molecule has 2 nitrogen and oxygen atoms in total. The first-order valence-electron chi connectivity index (χ1n) is 1.95. The van der Waals surface area contributed by atoms with Gasteiger partial charge >= 0.3 is 0 Å². The van der Waals surface area contributed by atoms with Gasteiger partial charge in [0.15, 0.2) is 0 Å². The zero-order valence-corrected chi connectivity index (χ0v) is 4.31. The van der Waals surface area contributed by atoms with Gasteiger partial charge in [0.25, 0.3) is 0 Å². The van der Waals surface area contributed by atoms with Crippen molar-refractivity contribution in [3.63, 3.8) is 0 Å². The predicted molar refractivity (Wildman–Crippen MR) is 30.2 cm³/mol. The van der Waals surface area contributed by atoms with Gasteiger partial charge in [-0.15, -0.1) is 6.42 Å². The minimum atomic E-state index is 0.517. The van der Waals surface area contributed by atoms with E-state index in [-0.39, 0.29) is 0 Å². The second-order valence-electron chi connectivity index (χ2n) is 1.25. The average molecular weight is 96.1 g/mol. The van der Waals surface area contributed by atoms with E-state index in [2.05, 4.69) is 5.92 Å². The SMILES string of the molecule is C#CCN(C)C=N. The lowest BCUT2D eigenvalue weighted by Gasteiger charge is -2.03. The Hall–Kier alpha value is -0.970. The first-order chi connectivity index (χ1) is 3.31. The molecule has 0 radical (unpaired) electrons. The molecule has 7 heavy (non-hydrogen) atoms. The monoisotopic (exact) mass is 96.1 g/mol. The van der Waals surface area contributed by atoms with Crippen molar-refractivity contribution < 1.29 is 0 Å². The van der Waals surface area contributed by atoms with Gasteiger partial charge in [-0.3, -0.25) is 5.41 Å².